The molecule has 1 N–H and O–H groups in total. The lowest BCUT2D eigenvalue weighted by molar-refractivity contribution is -0.121. The molecule has 1 saturated heterocycles. The molecule has 0 aromatic heterocycles. The number of hydrogen-bond donors (Lipinski definition) is 1. The number of amides is 2. The second-order valence-corrected chi connectivity index (χ2v) is 5.62. The summed E-state index contributed by atoms with van der Waals surface area (Å²) in [4.78, 5) is 25.3. The maximum absolute atomic E-state index is 12.1. The van der Waals surface area contributed by atoms with Crippen LogP contribution >= 0.6 is 11.6 Å². The maximum atomic E-state index is 12.1. The van der Waals surface area contributed by atoms with Gasteiger partial charge in [0, 0.05) is 43.4 Å². The van der Waals surface area contributed by atoms with Gasteiger partial charge < -0.3 is 15.0 Å². The van der Waals surface area contributed by atoms with E-state index >= 15 is 0 Å². The molecular formula is C16H21ClN2O3. The number of rotatable bonds is 7. The molecule has 1 unspecified atom stereocenters. The van der Waals surface area contributed by atoms with Gasteiger partial charge >= 0.3 is 0 Å². The van der Waals surface area contributed by atoms with Crippen LogP contribution in [0.3, 0.4) is 0 Å². The van der Waals surface area contributed by atoms with E-state index in [-0.39, 0.29) is 17.7 Å². The van der Waals surface area contributed by atoms with Crippen LogP contribution in [-0.4, -0.2) is 37.4 Å². The highest BCUT2D eigenvalue weighted by atomic mass is 35.5. The number of nitrogens with one attached hydrogen (secondary N) is 1. The van der Waals surface area contributed by atoms with Gasteiger partial charge in [-0.15, -0.1) is 11.6 Å². The molecule has 0 bridgehead atoms. The van der Waals surface area contributed by atoms with Crippen molar-refractivity contribution >= 4 is 29.1 Å². The monoisotopic (exact) mass is 324 g/mol. The largest absolute Gasteiger partial charge is 0.494 e. The van der Waals surface area contributed by atoms with Crippen LogP contribution < -0.4 is 15.0 Å². The second kappa shape index (κ2) is 8.03. The molecule has 0 spiro atoms. The average Bonchev–Trinajstić information content (AvgIpc) is 2.88. The van der Waals surface area contributed by atoms with E-state index in [2.05, 4.69) is 5.32 Å². The molecule has 1 atom stereocenters. The highest BCUT2D eigenvalue weighted by Crippen LogP contribution is 2.26. The Morgan fingerprint density at radius 3 is 2.77 bits per heavy atom. The molecular weight excluding hydrogens is 304 g/mol. The van der Waals surface area contributed by atoms with Crippen LogP contribution in [0.4, 0.5) is 5.69 Å². The Bertz CT molecular complexity index is 519. The molecule has 0 saturated carbocycles. The van der Waals surface area contributed by atoms with Crippen molar-refractivity contribution < 1.29 is 14.3 Å². The van der Waals surface area contributed by atoms with Crippen LogP contribution in [0, 0.1) is 5.92 Å². The molecule has 5 nitrogen and oxygen atoms in total. The van der Waals surface area contributed by atoms with E-state index < -0.39 is 0 Å². The Kier molecular flexibility index (Phi) is 6.07. The number of carbonyl (C=O) groups is 2. The van der Waals surface area contributed by atoms with Crippen LogP contribution in [0.25, 0.3) is 0 Å². The number of ether oxygens (including phenoxy) is 1. The predicted octanol–water partition coefficient (Wildman–Crippen LogP) is 2.18. The minimum atomic E-state index is -0.0676. The first kappa shape index (κ1) is 16.6. The Balaban J connectivity index is 1.90. The highest BCUT2D eigenvalue weighted by molar-refractivity contribution is 6.18. The van der Waals surface area contributed by atoms with Crippen molar-refractivity contribution in [2.75, 3.05) is 30.5 Å². The fourth-order valence-electron chi connectivity index (χ4n) is 2.49. The molecule has 2 amide bonds. The number of alkyl halides is 1. The van der Waals surface area contributed by atoms with Gasteiger partial charge in [0.05, 0.1) is 6.61 Å². The van der Waals surface area contributed by atoms with Crippen molar-refractivity contribution in [3.05, 3.63) is 24.3 Å². The van der Waals surface area contributed by atoms with Crippen LogP contribution in [0.1, 0.15) is 19.8 Å². The molecule has 1 heterocycles. The van der Waals surface area contributed by atoms with Crippen LogP contribution in [0.5, 0.6) is 5.75 Å². The molecule has 120 valence electrons. The van der Waals surface area contributed by atoms with Crippen molar-refractivity contribution in [1.82, 2.24) is 5.32 Å². The van der Waals surface area contributed by atoms with E-state index in [9.17, 15) is 9.59 Å². The van der Waals surface area contributed by atoms with Gasteiger partial charge in [0.1, 0.15) is 5.75 Å². The molecule has 1 aliphatic rings. The Morgan fingerprint density at radius 1 is 1.41 bits per heavy atom. The summed E-state index contributed by atoms with van der Waals surface area (Å²) in [5.74, 6) is 1.26. The van der Waals surface area contributed by atoms with Gasteiger partial charge in [0.25, 0.3) is 0 Å². The first-order valence-corrected chi connectivity index (χ1v) is 8.03. The minimum Gasteiger partial charge on any atom is -0.494 e. The average molecular weight is 325 g/mol. The first-order valence-electron chi connectivity index (χ1n) is 7.50. The summed E-state index contributed by atoms with van der Waals surface area (Å²) in [5, 5.41) is 2.82. The molecule has 1 fully saturated rings. The third kappa shape index (κ3) is 4.37. The van der Waals surface area contributed by atoms with Gasteiger partial charge in [-0.1, -0.05) is 0 Å². The third-order valence-electron chi connectivity index (χ3n) is 3.57. The lowest BCUT2D eigenvalue weighted by Crippen LogP contribution is -2.31. The number of carbonyl (C=O) groups excluding carboxylic acids is 2. The predicted molar refractivity (Wildman–Crippen MR) is 86.4 cm³/mol. The maximum Gasteiger partial charge on any atom is 0.227 e. The summed E-state index contributed by atoms with van der Waals surface area (Å²) in [6.07, 6.45) is 0.763. The van der Waals surface area contributed by atoms with Crippen LogP contribution in [0.15, 0.2) is 24.3 Å². The quantitative estimate of drug-likeness (QED) is 0.782. The smallest absolute Gasteiger partial charge is 0.227 e. The van der Waals surface area contributed by atoms with E-state index in [0.717, 1.165) is 11.4 Å². The van der Waals surface area contributed by atoms with Gasteiger partial charge in [0.2, 0.25) is 11.8 Å². The number of nitrogens with zero attached hydrogens (tertiary/aromatic N) is 1. The van der Waals surface area contributed by atoms with Gasteiger partial charge in [-0.25, -0.2) is 0 Å². The SMILES string of the molecule is CCOc1ccc(N2CC(CNC(=O)CCCl)CC2=O)cc1. The zero-order valence-electron chi connectivity index (χ0n) is 12.7. The number of benzene rings is 1. The zero-order chi connectivity index (χ0) is 15.9. The normalized spacial score (nSPS) is 17.6. The molecule has 1 aromatic rings. The standard InChI is InChI=1S/C16H21ClN2O3/c1-2-22-14-5-3-13(4-6-14)19-11-12(9-16(19)21)10-18-15(20)7-8-17/h3-6,12H,2,7-11H2,1H3,(H,18,20). The summed E-state index contributed by atoms with van der Waals surface area (Å²) >= 11 is 5.52. The molecule has 0 aliphatic carbocycles. The van der Waals surface area contributed by atoms with E-state index in [0.29, 0.717) is 38.4 Å². The first-order chi connectivity index (χ1) is 10.6. The fraction of sp³-hybridized carbons (Fsp3) is 0.500. The zero-order valence-corrected chi connectivity index (χ0v) is 13.4. The summed E-state index contributed by atoms with van der Waals surface area (Å²) < 4.78 is 5.40. The van der Waals surface area contributed by atoms with E-state index in [1.54, 1.807) is 4.90 Å². The van der Waals surface area contributed by atoms with Crippen molar-refractivity contribution in [1.29, 1.82) is 0 Å². The Hall–Kier alpha value is -1.75. The molecule has 1 aliphatic heterocycles. The highest BCUT2D eigenvalue weighted by Gasteiger charge is 2.30. The summed E-state index contributed by atoms with van der Waals surface area (Å²) in [6.45, 7) is 3.68. The second-order valence-electron chi connectivity index (χ2n) is 5.24. The van der Waals surface area contributed by atoms with Crippen molar-refractivity contribution in [3.8, 4) is 5.75 Å². The van der Waals surface area contributed by atoms with Crippen molar-refractivity contribution in [2.45, 2.75) is 19.8 Å². The molecule has 1 aromatic carbocycles. The van der Waals surface area contributed by atoms with Gasteiger partial charge in [-0.2, -0.15) is 0 Å². The molecule has 22 heavy (non-hydrogen) atoms. The van der Waals surface area contributed by atoms with Crippen molar-refractivity contribution in [2.24, 2.45) is 5.92 Å². The molecule has 2 rings (SSSR count). The number of hydrogen-bond acceptors (Lipinski definition) is 3. The van der Waals surface area contributed by atoms with E-state index in [1.807, 2.05) is 31.2 Å². The van der Waals surface area contributed by atoms with E-state index in [4.69, 9.17) is 16.3 Å². The van der Waals surface area contributed by atoms with Crippen LogP contribution in [-0.2, 0) is 9.59 Å². The number of anilines is 1. The topological polar surface area (TPSA) is 58.6 Å². The van der Waals surface area contributed by atoms with Crippen molar-refractivity contribution in [3.63, 3.8) is 0 Å². The lowest BCUT2D eigenvalue weighted by Gasteiger charge is -2.17. The van der Waals surface area contributed by atoms with Gasteiger partial charge in [-0.05, 0) is 31.2 Å². The Morgan fingerprint density at radius 2 is 2.14 bits per heavy atom. The molecule has 6 heteroatoms. The van der Waals surface area contributed by atoms with E-state index in [1.165, 1.54) is 0 Å². The lowest BCUT2D eigenvalue weighted by atomic mass is 10.1. The third-order valence-corrected chi connectivity index (χ3v) is 3.76. The van der Waals surface area contributed by atoms with Crippen LogP contribution in [0.2, 0.25) is 0 Å². The van der Waals surface area contributed by atoms with Gasteiger partial charge in [-0.3, -0.25) is 9.59 Å². The summed E-state index contributed by atoms with van der Waals surface area (Å²) in [6, 6.07) is 7.50. The minimum absolute atomic E-state index is 0.0676. The fourth-order valence-corrected chi connectivity index (χ4v) is 2.66. The van der Waals surface area contributed by atoms with Gasteiger partial charge in [0.15, 0.2) is 0 Å². The summed E-state index contributed by atoms with van der Waals surface area (Å²) in [7, 11) is 0. The number of halogens is 1. The molecule has 0 radical (unpaired) electrons. The Labute approximate surface area is 135 Å². The summed E-state index contributed by atoms with van der Waals surface area (Å²) in [5.41, 5.74) is 0.864.